The van der Waals surface area contributed by atoms with Gasteiger partial charge in [0.15, 0.2) is 0 Å². The summed E-state index contributed by atoms with van der Waals surface area (Å²) in [6.07, 6.45) is 2.84. The number of amides is 1. The average Bonchev–Trinajstić information content (AvgIpc) is 2.87. The van der Waals surface area contributed by atoms with E-state index in [9.17, 15) is 4.79 Å². The maximum Gasteiger partial charge on any atom is 0.410 e. The third-order valence-electron chi connectivity index (χ3n) is 2.16. The van der Waals surface area contributed by atoms with E-state index in [1.165, 1.54) is 0 Å². The minimum Gasteiger partial charge on any atom is -0.447 e. The first-order valence-corrected chi connectivity index (χ1v) is 5.32. The lowest BCUT2D eigenvalue weighted by molar-refractivity contribution is 0.0743. The highest BCUT2D eigenvalue weighted by Crippen LogP contribution is 2.27. The first-order valence-electron chi connectivity index (χ1n) is 5.32. The Kier molecular flexibility index (Phi) is 4.20. The van der Waals surface area contributed by atoms with Gasteiger partial charge >= 0.3 is 6.09 Å². The van der Waals surface area contributed by atoms with Crippen LogP contribution in [0.2, 0.25) is 0 Å². The number of ether oxygens (including phenoxy) is 1. The number of hydrogen-bond acceptors (Lipinski definition) is 3. The zero-order valence-electron chi connectivity index (χ0n) is 9.03. The van der Waals surface area contributed by atoms with E-state index in [1.807, 2.05) is 18.7 Å². The Bertz CT molecular complexity index is 191. The lowest BCUT2D eigenvalue weighted by atomic mass is 10.4. The smallest absolute Gasteiger partial charge is 0.410 e. The van der Waals surface area contributed by atoms with Gasteiger partial charge in [0.1, 0.15) is 0 Å². The number of nitrogens with zero attached hydrogens (tertiary/aromatic N) is 1. The topological polar surface area (TPSA) is 55.6 Å². The highest BCUT2D eigenvalue weighted by atomic mass is 16.6. The molecule has 1 fully saturated rings. The van der Waals surface area contributed by atoms with E-state index in [2.05, 4.69) is 0 Å². The molecule has 1 aliphatic carbocycles. The molecule has 1 rings (SSSR count). The number of nitrogens with two attached hydrogens (primary N) is 1. The van der Waals surface area contributed by atoms with Crippen molar-refractivity contribution in [3.8, 4) is 0 Å². The fraction of sp³-hybridized carbons (Fsp3) is 0.900. The molecule has 0 atom stereocenters. The van der Waals surface area contributed by atoms with Gasteiger partial charge in [0.2, 0.25) is 0 Å². The molecule has 1 saturated carbocycles. The zero-order chi connectivity index (χ0) is 10.6. The predicted molar refractivity (Wildman–Crippen MR) is 55.0 cm³/mol. The Morgan fingerprint density at radius 1 is 1.57 bits per heavy atom. The van der Waals surface area contributed by atoms with Gasteiger partial charge in [0.25, 0.3) is 0 Å². The van der Waals surface area contributed by atoms with Crippen molar-refractivity contribution < 1.29 is 9.53 Å². The highest BCUT2D eigenvalue weighted by Gasteiger charge is 2.33. The van der Waals surface area contributed by atoms with E-state index in [-0.39, 0.29) is 12.2 Å². The lowest BCUT2D eigenvalue weighted by Gasteiger charge is -2.22. The van der Waals surface area contributed by atoms with E-state index < -0.39 is 0 Å². The summed E-state index contributed by atoms with van der Waals surface area (Å²) in [6.45, 7) is 5.09. The van der Waals surface area contributed by atoms with E-state index in [0.29, 0.717) is 12.6 Å². The normalized spacial score (nSPS) is 15.7. The second-order valence-electron chi connectivity index (χ2n) is 4.00. The Balaban J connectivity index is 2.36. The van der Waals surface area contributed by atoms with Gasteiger partial charge in [-0.25, -0.2) is 4.79 Å². The van der Waals surface area contributed by atoms with Crippen LogP contribution in [0, 0.1) is 0 Å². The molecule has 0 aromatic heterocycles. The van der Waals surface area contributed by atoms with Crippen LogP contribution in [-0.2, 0) is 4.74 Å². The Morgan fingerprint density at radius 3 is 2.64 bits per heavy atom. The molecule has 4 nitrogen and oxygen atoms in total. The van der Waals surface area contributed by atoms with Crippen molar-refractivity contribution in [3.05, 3.63) is 0 Å². The van der Waals surface area contributed by atoms with Crippen LogP contribution < -0.4 is 5.73 Å². The van der Waals surface area contributed by atoms with Crippen molar-refractivity contribution in [2.24, 2.45) is 5.73 Å². The van der Waals surface area contributed by atoms with E-state index in [0.717, 1.165) is 25.8 Å². The van der Waals surface area contributed by atoms with Gasteiger partial charge in [-0.2, -0.15) is 0 Å². The minimum absolute atomic E-state index is 0.0402. The molecule has 1 amide bonds. The molecule has 0 aromatic carbocycles. The Hall–Kier alpha value is -0.770. The van der Waals surface area contributed by atoms with Crippen LogP contribution in [0.3, 0.4) is 0 Å². The van der Waals surface area contributed by atoms with E-state index >= 15 is 0 Å². The fourth-order valence-electron chi connectivity index (χ4n) is 1.34. The molecule has 14 heavy (non-hydrogen) atoms. The summed E-state index contributed by atoms with van der Waals surface area (Å²) in [6, 6.07) is 0.410. The number of rotatable bonds is 5. The summed E-state index contributed by atoms with van der Waals surface area (Å²) in [5, 5.41) is 0. The molecule has 0 radical (unpaired) electrons. The monoisotopic (exact) mass is 200 g/mol. The standard InChI is InChI=1S/C10H20N2O2/c1-8(2)14-10(13)12(7-3-6-11)9-4-5-9/h8-9H,3-7,11H2,1-2H3. The Labute approximate surface area is 85.4 Å². The van der Waals surface area contributed by atoms with E-state index in [1.54, 1.807) is 0 Å². The van der Waals surface area contributed by atoms with Crippen LogP contribution >= 0.6 is 0 Å². The lowest BCUT2D eigenvalue weighted by Crippen LogP contribution is -2.36. The minimum atomic E-state index is -0.184. The van der Waals surface area contributed by atoms with Gasteiger partial charge in [0.05, 0.1) is 6.10 Å². The molecule has 0 spiro atoms. The quantitative estimate of drug-likeness (QED) is 0.728. The van der Waals surface area contributed by atoms with Gasteiger partial charge in [-0.15, -0.1) is 0 Å². The Morgan fingerprint density at radius 2 is 2.21 bits per heavy atom. The van der Waals surface area contributed by atoms with Crippen molar-refractivity contribution >= 4 is 6.09 Å². The largest absolute Gasteiger partial charge is 0.447 e. The predicted octanol–water partition coefficient (Wildman–Crippen LogP) is 1.34. The molecule has 0 saturated heterocycles. The molecule has 2 N–H and O–H groups in total. The number of carbonyl (C=O) groups is 1. The van der Waals surface area contributed by atoms with Gasteiger partial charge < -0.3 is 15.4 Å². The van der Waals surface area contributed by atoms with Crippen LogP contribution in [0.1, 0.15) is 33.1 Å². The molecule has 0 heterocycles. The van der Waals surface area contributed by atoms with Gasteiger partial charge in [-0.05, 0) is 39.7 Å². The molecule has 0 bridgehead atoms. The van der Waals surface area contributed by atoms with E-state index in [4.69, 9.17) is 10.5 Å². The number of carbonyl (C=O) groups excluding carboxylic acids is 1. The summed E-state index contributed by atoms with van der Waals surface area (Å²) in [5.41, 5.74) is 5.42. The van der Waals surface area contributed by atoms with Crippen molar-refractivity contribution in [1.29, 1.82) is 0 Å². The summed E-state index contributed by atoms with van der Waals surface area (Å²) in [5.74, 6) is 0. The first kappa shape index (κ1) is 11.3. The molecule has 82 valence electrons. The molecule has 0 aliphatic heterocycles. The van der Waals surface area contributed by atoms with Crippen LogP contribution in [0.4, 0.5) is 4.79 Å². The van der Waals surface area contributed by atoms with Crippen LogP contribution in [0.5, 0.6) is 0 Å². The second kappa shape index (κ2) is 5.20. The molecule has 0 aromatic rings. The molecule has 4 heteroatoms. The maximum absolute atomic E-state index is 11.6. The first-order chi connectivity index (χ1) is 6.65. The van der Waals surface area contributed by atoms with Crippen LogP contribution in [0.25, 0.3) is 0 Å². The maximum atomic E-state index is 11.6. The fourth-order valence-corrected chi connectivity index (χ4v) is 1.34. The summed E-state index contributed by atoms with van der Waals surface area (Å²) in [4.78, 5) is 13.4. The average molecular weight is 200 g/mol. The zero-order valence-corrected chi connectivity index (χ0v) is 9.03. The molecule has 1 aliphatic rings. The van der Waals surface area contributed by atoms with Crippen LogP contribution in [-0.4, -0.2) is 36.2 Å². The highest BCUT2D eigenvalue weighted by molar-refractivity contribution is 5.68. The SMILES string of the molecule is CC(C)OC(=O)N(CCCN)C1CC1. The van der Waals surface area contributed by atoms with Gasteiger partial charge in [-0.3, -0.25) is 0 Å². The third-order valence-corrected chi connectivity index (χ3v) is 2.16. The number of hydrogen-bond donors (Lipinski definition) is 1. The molecule has 0 unspecified atom stereocenters. The second-order valence-corrected chi connectivity index (χ2v) is 4.00. The van der Waals surface area contributed by atoms with Gasteiger partial charge in [0, 0.05) is 12.6 Å². The van der Waals surface area contributed by atoms with Crippen LogP contribution in [0.15, 0.2) is 0 Å². The van der Waals surface area contributed by atoms with Crippen molar-refractivity contribution in [1.82, 2.24) is 4.90 Å². The molecular formula is C10H20N2O2. The van der Waals surface area contributed by atoms with Crippen molar-refractivity contribution in [3.63, 3.8) is 0 Å². The van der Waals surface area contributed by atoms with Crippen molar-refractivity contribution in [2.75, 3.05) is 13.1 Å². The van der Waals surface area contributed by atoms with Gasteiger partial charge in [-0.1, -0.05) is 0 Å². The summed E-state index contributed by atoms with van der Waals surface area (Å²) >= 11 is 0. The summed E-state index contributed by atoms with van der Waals surface area (Å²) in [7, 11) is 0. The third kappa shape index (κ3) is 3.54. The van der Waals surface area contributed by atoms with Crippen molar-refractivity contribution in [2.45, 2.75) is 45.3 Å². The summed E-state index contributed by atoms with van der Waals surface area (Å²) < 4.78 is 5.16. The molecular weight excluding hydrogens is 180 g/mol.